The molecule has 2 aliphatic heterocycles. The average molecular weight is 298 g/mol. The highest BCUT2D eigenvalue weighted by Gasteiger charge is 2.43. The molecule has 0 saturated carbocycles. The summed E-state index contributed by atoms with van der Waals surface area (Å²) in [5.41, 5.74) is 0.402. The fraction of sp³-hybridized carbons (Fsp3) is 0.500. The molecule has 114 valence electrons. The van der Waals surface area contributed by atoms with Crippen LogP contribution in [-0.4, -0.2) is 30.3 Å². The fourth-order valence-corrected chi connectivity index (χ4v) is 2.44. The number of alkyl halides is 2. The number of piperidine rings is 1. The van der Waals surface area contributed by atoms with Gasteiger partial charge in [-0.3, -0.25) is 0 Å². The number of fused-ring (bicyclic) bond motifs is 1. The molecule has 2 amide bonds. The first-order valence-corrected chi connectivity index (χ1v) is 6.89. The van der Waals surface area contributed by atoms with Crippen molar-refractivity contribution < 1.29 is 23.0 Å². The van der Waals surface area contributed by atoms with Crippen LogP contribution in [0.2, 0.25) is 0 Å². The van der Waals surface area contributed by atoms with Gasteiger partial charge in [0.25, 0.3) is 0 Å². The minimum absolute atomic E-state index is 0.0372. The number of nitrogens with zero attached hydrogens (tertiary/aromatic N) is 1. The Morgan fingerprint density at radius 1 is 1.29 bits per heavy atom. The number of halogens is 2. The van der Waals surface area contributed by atoms with E-state index in [0.29, 0.717) is 24.7 Å². The number of carbonyl (C=O) groups is 1. The molecule has 0 atom stereocenters. The Balaban J connectivity index is 1.65. The van der Waals surface area contributed by atoms with Crippen molar-refractivity contribution in [3.05, 3.63) is 18.2 Å². The van der Waals surface area contributed by atoms with Crippen LogP contribution >= 0.6 is 0 Å². The van der Waals surface area contributed by atoms with Gasteiger partial charge in [0.05, 0.1) is 0 Å². The van der Waals surface area contributed by atoms with Crippen LogP contribution in [0.1, 0.15) is 19.8 Å². The number of likely N-dealkylation sites (tertiary alicyclic amines) is 1. The number of benzene rings is 1. The van der Waals surface area contributed by atoms with Crippen molar-refractivity contribution in [1.29, 1.82) is 0 Å². The molecule has 1 saturated heterocycles. The van der Waals surface area contributed by atoms with Gasteiger partial charge in [0, 0.05) is 24.8 Å². The third kappa shape index (κ3) is 3.01. The van der Waals surface area contributed by atoms with Gasteiger partial charge in [-0.05, 0) is 30.9 Å². The number of urea groups is 1. The molecule has 0 bridgehead atoms. The second kappa shape index (κ2) is 5.05. The molecule has 1 N–H and O–H groups in total. The van der Waals surface area contributed by atoms with Crippen LogP contribution in [0.3, 0.4) is 0 Å². The Morgan fingerprint density at radius 2 is 1.95 bits per heavy atom. The van der Waals surface area contributed by atoms with E-state index in [1.165, 1.54) is 18.2 Å². The van der Waals surface area contributed by atoms with Gasteiger partial charge in [-0.2, -0.15) is 0 Å². The number of carbonyl (C=O) groups excluding carboxylic acids is 1. The molecule has 5 nitrogen and oxygen atoms in total. The van der Waals surface area contributed by atoms with Gasteiger partial charge in [0.1, 0.15) is 0 Å². The highest BCUT2D eigenvalue weighted by molar-refractivity contribution is 5.89. The first-order chi connectivity index (χ1) is 9.93. The Morgan fingerprint density at radius 3 is 2.67 bits per heavy atom. The molecule has 0 aromatic heterocycles. The minimum Gasteiger partial charge on any atom is -0.395 e. The van der Waals surface area contributed by atoms with Crippen molar-refractivity contribution in [3.8, 4) is 11.5 Å². The molecule has 1 aromatic carbocycles. The molecule has 1 aromatic rings. The van der Waals surface area contributed by atoms with E-state index in [9.17, 15) is 13.6 Å². The van der Waals surface area contributed by atoms with E-state index in [-0.39, 0.29) is 17.5 Å². The SMILES string of the molecule is CC1CCN(C(=O)Nc2ccc3c(c2)OC(F)(F)O3)CC1. The topological polar surface area (TPSA) is 50.8 Å². The predicted octanol–water partition coefficient (Wildman–Crippen LogP) is 3.27. The third-order valence-electron chi connectivity index (χ3n) is 3.72. The maximum absolute atomic E-state index is 12.9. The Labute approximate surface area is 120 Å². The Hall–Kier alpha value is -2.05. The second-order valence-electron chi connectivity index (χ2n) is 5.43. The molecule has 2 aliphatic rings. The van der Waals surface area contributed by atoms with Crippen LogP contribution in [0.25, 0.3) is 0 Å². The third-order valence-corrected chi connectivity index (χ3v) is 3.72. The van der Waals surface area contributed by atoms with E-state index < -0.39 is 6.29 Å². The lowest BCUT2D eigenvalue weighted by Crippen LogP contribution is -2.40. The molecule has 0 aliphatic carbocycles. The minimum atomic E-state index is -3.64. The van der Waals surface area contributed by atoms with Crippen LogP contribution in [0.4, 0.5) is 19.3 Å². The summed E-state index contributed by atoms with van der Waals surface area (Å²) >= 11 is 0. The van der Waals surface area contributed by atoms with Gasteiger partial charge in [-0.1, -0.05) is 6.92 Å². The van der Waals surface area contributed by atoms with Crippen LogP contribution < -0.4 is 14.8 Å². The largest absolute Gasteiger partial charge is 0.586 e. The highest BCUT2D eigenvalue weighted by Crippen LogP contribution is 2.42. The van der Waals surface area contributed by atoms with Gasteiger partial charge in [-0.15, -0.1) is 8.78 Å². The molecule has 2 heterocycles. The highest BCUT2D eigenvalue weighted by atomic mass is 19.3. The summed E-state index contributed by atoms with van der Waals surface area (Å²) in [5, 5.41) is 2.69. The van der Waals surface area contributed by atoms with Crippen molar-refractivity contribution in [2.24, 2.45) is 5.92 Å². The van der Waals surface area contributed by atoms with E-state index in [1.807, 2.05) is 0 Å². The zero-order valence-electron chi connectivity index (χ0n) is 11.6. The lowest BCUT2D eigenvalue weighted by Gasteiger charge is -2.30. The molecule has 7 heteroatoms. The molecule has 0 radical (unpaired) electrons. The summed E-state index contributed by atoms with van der Waals surface area (Å²) in [5.74, 6) is 0.511. The van der Waals surface area contributed by atoms with E-state index in [4.69, 9.17) is 0 Å². The number of anilines is 1. The Kier molecular flexibility index (Phi) is 3.35. The molecule has 3 rings (SSSR count). The average Bonchev–Trinajstić information content (AvgIpc) is 2.72. The van der Waals surface area contributed by atoms with Gasteiger partial charge in [0.2, 0.25) is 0 Å². The summed E-state index contributed by atoms with van der Waals surface area (Å²) < 4.78 is 34.5. The second-order valence-corrected chi connectivity index (χ2v) is 5.43. The zero-order valence-corrected chi connectivity index (χ0v) is 11.6. The molecule has 1 fully saturated rings. The summed E-state index contributed by atoms with van der Waals surface area (Å²) in [6.45, 7) is 3.57. The molecule has 0 spiro atoms. The van der Waals surface area contributed by atoms with Crippen LogP contribution in [-0.2, 0) is 0 Å². The number of amides is 2. The molecule has 0 unspecified atom stereocenters. The fourth-order valence-electron chi connectivity index (χ4n) is 2.44. The quantitative estimate of drug-likeness (QED) is 0.865. The maximum Gasteiger partial charge on any atom is 0.586 e. The predicted molar refractivity (Wildman–Crippen MR) is 71.6 cm³/mol. The smallest absolute Gasteiger partial charge is 0.395 e. The van der Waals surface area contributed by atoms with Gasteiger partial charge >= 0.3 is 12.3 Å². The van der Waals surface area contributed by atoms with E-state index >= 15 is 0 Å². The van der Waals surface area contributed by atoms with Crippen molar-refractivity contribution in [3.63, 3.8) is 0 Å². The maximum atomic E-state index is 12.9. The van der Waals surface area contributed by atoms with Gasteiger partial charge in [-0.25, -0.2) is 4.79 Å². The van der Waals surface area contributed by atoms with Crippen LogP contribution in [0.5, 0.6) is 11.5 Å². The number of hydrogen-bond acceptors (Lipinski definition) is 3. The first kappa shape index (κ1) is 13.9. The zero-order chi connectivity index (χ0) is 15.0. The van der Waals surface area contributed by atoms with Crippen molar-refractivity contribution >= 4 is 11.7 Å². The summed E-state index contributed by atoms with van der Waals surface area (Å²) in [6.07, 6.45) is -1.70. The summed E-state index contributed by atoms with van der Waals surface area (Å²) in [6, 6.07) is 3.96. The number of hydrogen-bond donors (Lipinski definition) is 1. The molecule has 21 heavy (non-hydrogen) atoms. The monoisotopic (exact) mass is 298 g/mol. The van der Waals surface area contributed by atoms with Crippen molar-refractivity contribution in [1.82, 2.24) is 4.90 Å². The van der Waals surface area contributed by atoms with E-state index in [1.54, 1.807) is 4.90 Å². The van der Waals surface area contributed by atoms with E-state index in [2.05, 4.69) is 21.7 Å². The van der Waals surface area contributed by atoms with Crippen molar-refractivity contribution in [2.45, 2.75) is 26.1 Å². The normalized spacial score (nSPS) is 20.4. The molecular weight excluding hydrogens is 282 g/mol. The van der Waals surface area contributed by atoms with Crippen molar-refractivity contribution in [2.75, 3.05) is 18.4 Å². The number of ether oxygens (including phenoxy) is 2. The van der Waals surface area contributed by atoms with Gasteiger partial charge < -0.3 is 19.7 Å². The van der Waals surface area contributed by atoms with Crippen LogP contribution in [0, 0.1) is 5.92 Å². The summed E-state index contributed by atoms with van der Waals surface area (Å²) in [7, 11) is 0. The lowest BCUT2D eigenvalue weighted by atomic mass is 10.00. The van der Waals surface area contributed by atoms with E-state index in [0.717, 1.165) is 12.8 Å². The standard InChI is InChI=1S/C14H16F2N2O3/c1-9-4-6-18(7-5-9)13(19)17-10-2-3-11-12(8-10)21-14(15,16)20-11/h2-3,8-9H,4-7H2,1H3,(H,17,19). The number of rotatable bonds is 1. The summed E-state index contributed by atoms with van der Waals surface area (Å²) in [4.78, 5) is 13.8. The number of nitrogens with one attached hydrogen (secondary N) is 1. The van der Waals surface area contributed by atoms with Crippen LogP contribution in [0.15, 0.2) is 18.2 Å². The Bertz CT molecular complexity index is 557. The lowest BCUT2D eigenvalue weighted by molar-refractivity contribution is -0.286. The molecular formula is C14H16F2N2O3. The van der Waals surface area contributed by atoms with Gasteiger partial charge in [0.15, 0.2) is 11.5 Å². The first-order valence-electron chi connectivity index (χ1n) is 6.89.